The molecule has 6 heteroatoms. The van der Waals surface area contributed by atoms with Crippen LogP contribution in [0.3, 0.4) is 0 Å². The average molecular weight is 420 g/mol. The van der Waals surface area contributed by atoms with Gasteiger partial charge in [0.1, 0.15) is 5.58 Å². The van der Waals surface area contributed by atoms with E-state index in [2.05, 4.69) is 4.98 Å². The van der Waals surface area contributed by atoms with Crippen LogP contribution in [0.25, 0.3) is 44.2 Å². The van der Waals surface area contributed by atoms with Gasteiger partial charge >= 0.3 is 6.18 Å². The highest BCUT2D eigenvalue weighted by Crippen LogP contribution is 2.38. The molecule has 0 saturated heterocycles. The number of nitrogens with zero attached hydrogens (tertiary/aromatic N) is 2. The summed E-state index contributed by atoms with van der Waals surface area (Å²) in [5.74, 6) is 0. The molecule has 0 saturated carbocycles. The molecule has 3 heterocycles. The summed E-state index contributed by atoms with van der Waals surface area (Å²) in [6.45, 7) is 3.85. The Morgan fingerprint density at radius 3 is 2.45 bits per heavy atom. The third-order valence-electron chi connectivity index (χ3n) is 5.59. The number of halogens is 3. The molecule has 0 bridgehead atoms. The van der Waals surface area contributed by atoms with E-state index in [0.29, 0.717) is 28.1 Å². The van der Waals surface area contributed by atoms with Crippen LogP contribution in [0.2, 0.25) is 0 Å². The molecule has 0 fully saturated rings. The van der Waals surface area contributed by atoms with Gasteiger partial charge in [0.25, 0.3) is 0 Å². The second kappa shape index (κ2) is 7.08. The fourth-order valence-corrected chi connectivity index (χ4v) is 4.09. The summed E-state index contributed by atoms with van der Waals surface area (Å²) in [5, 5.41) is 2.55. The maximum Gasteiger partial charge on any atom is 0.389 e. The van der Waals surface area contributed by atoms with Crippen LogP contribution < -0.4 is 0 Å². The number of hydrogen-bond acceptors (Lipinski definition) is 3. The Bertz CT molecular complexity index is 1450. The fraction of sp³-hybridized carbons (Fsp3) is 0.200. The van der Waals surface area contributed by atoms with Crippen molar-refractivity contribution in [1.29, 1.82) is 0 Å². The van der Waals surface area contributed by atoms with E-state index in [1.165, 1.54) is 0 Å². The first kappa shape index (κ1) is 19.5. The minimum atomic E-state index is -4.22. The van der Waals surface area contributed by atoms with Gasteiger partial charge in [-0.3, -0.25) is 0 Å². The number of hydrogen-bond donors (Lipinski definition) is 0. The van der Waals surface area contributed by atoms with Gasteiger partial charge in [-0.2, -0.15) is 13.2 Å². The maximum atomic E-state index is 13.0. The van der Waals surface area contributed by atoms with Gasteiger partial charge < -0.3 is 4.42 Å². The zero-order valence-corrected chi connectivity index (χ0v) is 17.0. The maximum absolute atomic E-state index is 13.0. The zero-order chi connectivity index (χ0) is 21.8. The number of para-hydroxylation sites is 1. The summed E-state index contributed by atoms with van der Waals surface area (Å²) in [6.07, 6.45) is -5.20. The number of aromatic nitrogens is 2. The second-order valence-electron chi connectivity index (χ2n) is 7.84. The minimum absolute atomic E-state index is 0.102. The molecule has 0 amide bonds. The highest BCUT2D eigenvalue weighted by Gasteiger charge is 2.27. The SMILES string of the molecule is Cc1ccc2c(n1)oc1c(-c3cc(CCC(F)(F)F)c4ccccc4n3)c(C)ccc12. The van der Waals surface area contributed by atoms with E-state index in [1.807, 2.05) is 62.4 Å². The van der Waals surface area contributed by atoms with Crippen molar-refractivity contribution in [3.63, 3.8) is 0 Å². The molecule has 0 radical (unpaired) electrons. The molecule has 2 aromatic carbocycles. The van der Waals surface area contributed by atoms with Crippen LogP contribution in [0.5, 0.6) is 0 Å². The molecule has 0 atom stereocenters. The topological polar surface area (TPSA) is 38.9 Å². The summed E-state index contributed by atoms with van der Waals surface area (Å²) >= 11 is 0. The summed E-state index contributed by atoms with van der Waals surface area (Å²) in [7, 11) is 0. The van der Waals surface area contributed by atoms with Gasteiger partial charge in [-0.15, -0.1) is 0 Å². The highest BCUT2D eigenvalue weighted by atomic mass is 19.4. The average Bonchev–Trinajstić information content (AvgIpc) is 3.08. The van der Waals surface area contributed by atoms with Crippen molar-refractivity contribution < 1.29 is 17.6 Å². The highest BCUT2D eigenvalue weighted by molar-refractivity contribution is 6.09. The molecule has 0 spiro atoms. The Balaban J connectivity index is 1.77. The van der Waals surface area contributed by atoms with E-state index in [0.717, 1.165) is 33.0 Å². The van der Waals surface area contributed by atoms with Crippen molar-refractivity contribution in [1.82, 2.24) is 9.97 Å². The molecule has 3 aromatic heterocycles. The van der Waals surface area contributed by atoms with Crippen LogP contribution in [-0.2, 0) is 6.42 Å². The molecule has 0 aliphatic rings. The third-order valence-corrected chi connectivity index (χ3v) is 5.59. The third kappa shape index (κ3) is 3.52. The van der Waals surface area contributed by atoms with Crippen LogP contribution in [0.4, 0.5) is 13.2 Å². The van der Waals surface area contributed by atoms with Gasteiger partial charge in [0.15, 0.2) is 0 Å². The molecule has 0 unspecified atom stereocenters. The van der Waals surface area contributed by atoms with Gasteiger partial charge in [0.2, 0.25) is 5.71 Å². The first-order valence-electron chi connectivity index (χ1n) is 10.1. The van der Waals surface area contributed by atoms with Crippen molar-refractivity contribution in [3.8, 4) is 11.3 Å². The Kier molecular flexibility index (Phi) is 4.46. The lowest BCUT2D eigenvalue weighted by Gasteiger charge is -2.13. The molecule has 31 heavy (non-hydrogen) atoms. The lowest BCUT2D eigenvalue weighted by molar-refractivity contribution is -0.133. The van der Waals surface area contributed by atoms with Crippen LogP contribution in [-0.4, -0.2) is 16.1 Å². The molecule has 0 aliphatic carbocycles. The summed E-state index contributed by atoms with van der Waals surface area (Å²) in [5.41, 5.74) is 5.66. The van der Waals surface area contributed by atoms with Crippen LogP contribution >= 0.6 is 0 Å². The van der Waals surface area contributed by atoms with Gasteiger partial charge in [0.05, 0.1) is 11.2 Å². The molecule has 156 valence electrons. The van der Waals surface area contributed by atoms with Crippen molar-refractivity contribution in [2.75, 3.05) is 0 Å². The van der Waals surface area contributed by atoms with E-state index >= 15 is 0 Å². The lowest BCUT2D eigenvalue weighted by atomic mass is 9.97. The van der Waals surface area contributed by atoms with E-state index in [4.69, 9.17) is 9.40 Å². The van der Waals surface area contributed by atoms with E-state index in [-0.39, 0.29) is 6.42 Å². The number of aryl methyl sites for hydroxylation is 3. The van der Waals surface area contributed by atoms with Gasteiger partial charge in [-0.1, -0.05) is 30.3 Å². The number of fused-ring (bicyclic) bond motifs is 4. The first-order chi connectivity index (χ1) is 14.8. The number of alkyl halides is 3. The number of rotatable bonds is 3. The standard InChI is InChI=1S/C25H19F3N2O/c1-14-7-9-18-19-10-8-15(2)29-24(19)31-23(18)22(14)21-13-16(11-12-25(26,27)28)17-5-3-4-6-20(17)30-21/h3-10,13H,11-12H2,1-2H3. The predicted octanol–water partition coefficient (Wildman–Crippen LogP) is 7.31. The molecule has 5 aromatic rings. The molecular formula is C25H19F3N2O. The van der Waals surface area contributed by atoms with Gasteiger partial charge in [0, 0.05) is 33.8 Å². The summed E-state index contributed by atoms with van der Waals surface area (Å²) < 4.78 is 45.0. The van der Waals surface area contributed by atoms with Crippen molar-refractivity contribution in [2.24, 2.45) is 0 Å². The van der Waals surface area contributed by atoms with Gasteiger partial charge in [-0.25, -0.2) is 9.97 Å². The molecule has 0 aliphatic heterocycles. The quantitative estimate of drug-likeness (QED) is 0.307. The minimum Gasteiger partial charge on any atom is -0.437 e. The van der Waals surface area contributed by atoms with E-state index in [1.54, 1.807) is 6.07 Å². The number of pyridine rings is 2. The smallest absolute Gasteiger partial charge is 0.389 e. The number of benzene rings is 2. The van der Waals surface area contributed by atoms with Crippen molar-refractivity contribution >= 4 is 33.0 Å². The van der Waals surface area contributed by atoms with Crippen LogP contribution in [0.1, 0.15) is 23.2 Å². The number of furan rings is 1. The second-order valence-corrected chi connectivity index (χ2v) is 7.84. The normalized spacial score (nSPS) is 12.3. The van der Waals surface area contributed by atoms with E-state index in [9.17, 15) is 13.2 Å². The Morgan fingerprint density at radius 2 is 1.65 bits per heavy atom. The van der Waals surface area contributed by atoms with Crippen molar-refractivity contribution in [3.05, 3.63) is 71.4 Å². The van der Waals surface area contributed by atoms with Crippen molar-refractivity contribution in [2.45, 2.75) is 32.9 Å². The molecule has 3 nitrogen and oxygen atoms in total. The fourth-order valence-electron chi connectivity index (χ4n) is 4.09. The first-order valence-corrected chi connectivity index (χ1v) is 10.1. The zero-order valence-electron chi connectivity index (χ0n) is 17.0. The Morgan fingerprint density at radius 1 is 0.871 bits per heavy atom. The largest absolute Gasteiger partial charge is 0.437 e. The van der Waals surface area contributed by atoms with E-state index < -0.39 is 12.6 Å². The van der Waals surface area contributed by atoms with Gasteiger partial charge in [-0.05, 0) is 55.7 Å². The molecular weight excluding hydrogens is 401 g/mol. The lowest BCUT2D eigenvalue weighted by Crippen LogP contribution is -2.09. The monoisotopic (exact) mass is 420 g/mol. The van der Waals surface area contributed by atoms with Crippen LogP contribution in [0, 0.1) is 13.8 Å². The Hall–Kier alpha value is -3.41. The Labute approximate surface area is 176 Å². The summed E-state index contributed by atoms with van der Waals surface area (Å²) in [4.78, 5) is 9.28. The van der Waals surface area contributed by atoms with Crippen LogP contribution in [0.15, 0.2) is 59.0 Å². The molecule has 5 rings (SSSR count). The molecule has 0 N–H and O–H groups in total. The predicted molar refractivity (Wildman–Crippen MR) is 116 cm³/mol. The summed E-state index contributed by atoms with van der Waals surface area (Å²) in [6, 6.07) is 17.0.